The fourth-order valence-electron chi connectivity index (χ4n) is 3.62. The van der Waals surface area contributed by atoms with Gasteiger partial charge in [0.1, 0.15) is 6.04 Å². The first kappa shape index (κ1) is 22.8. The Morgan fingerprint density at radius 2 is 1.77 bits per heavy atom. The summed E-state index contributed by atoms with van der Waals surface area (Å²) in [6.45, 7) is 4.57. The molecule has 1 amide bonds. The smallest absolute Gasteiger partial charge is 0.246 e. The molecule has 0 spiro atoms. The number of anilines is 2. The Morgan fingerprint density at radius 3 is 2.45 bits per heavy atom. The summed E-state index contributed by atoms with van der Waals surface area (Å²) in [5, 5.41) is 14.9. The highest BCUT2D eigenvalue weighted by atomic mass is 32.2. The molecule has 0 radical (unpaired) electrons. The molecule has 2 N–H and O–H groups in total. The standard InChI is InChI=1S/C23H28N4O3S/c1-17-10-11-21(15-22(17)31(29,30)27-12-5-3-4-6-13-27)25-18(2)23(28)26-20-9-7-8-19(14-20)16-24/h7-11,14-15,18,25H,3-6,12-13H2,1-2H3,(H,26,28). The Morgan fingerprint density at radius 1 is 1.06 bits per heavy atom. The summed E-state index contributed by atoms with van der Waals surface area (Å²) in [5.41, 5.74) is 2.24. The van der Waals surface area contributed by atoms with Gasteiger partial charge < -0.3 is 10.6 Å². The number of benzene rings is 2. The number of amides is 1. The second kappa shape index (κ2) is 9.94. The number of nitriles is 1. The Kier molecular flexibility index (Phi) is 7.31. The molecule has 1 fully saturated rings. The lowest BCUT2D eigenvalue weighted by molar-refractivity contribution is -0.116. The van der Waals surface area contributed by atoms with Crippen LogP contribution in [0.1, 0.15) is 43.7 Å². The molecule has 164 valence electrons. The number of carbonyl (C=O) groups excluding carboxylic acids is 1. The third-order valence-corrected chi connectivity index (χ3v) is 7.45. The van der Waals surface area contributed by atoms with Crippen molar-refractivity contribution in [1.29, 1.82) is 5.26 Å². The normalized spacial score (nSPS) is 16.0. The lowest BCUT2D eigenvalue weighted by Gasteiger charge is -2.22. The van der Waals surface area contributed by atoms with E-state index in [2.05, 4.69) is 10.6 Å². The van der Waals surface area contributed by atoms with Crippen molar-refractivity contribution in [1.82, 2.24) is 4.31 Å². The van der Waals surface area contributed by atoms with E-state index < -0.39 is 16.1 Å². The molecule has 1 atom stereocenters. The first-order valence-corrected chi connectivity index (χ1v) is 11.9. The predicted molar refractivity (Wildman–Crippen MR) is 121 cm³/mol. The fourth-order valence-corrected chi connectivity index (χ4v) is 5.39. The van der Waals surface area contributed by atoms with Crippen LogP contribution in [0.15, 0.2) is 47.4 Å². The molecule has 1 unspecified atom stereocenters. The van der Waals surface area contributed by atoms with Crippen LogP contribution in [0.4, 0.5) is 11.4 Å². The van der Waals surface area contributed by atoms with E-state index in [0.29, 0.717) is 35.6 Å². The molecule has 8 heteroatoms. The molecule has 1 aliphatic heterocycles. The largest absolute Gasteiger partial charge is 0.374 e. The number of carbonyl (C=O) groups is 1. The zero-order chi connectivity index (χ0) is 22.4. The number of rotatable bonds is 6. The van der Waals surface area contributed by atoms with E-state index in [1.54, 1.807) is 60.6 Å². The quantitative estimate of drug-likeness (QED) is 0.710. The van der Waals surface area contributed by atoms with Gasteiger partial charge in [-0.15, -0.1) is 0 Å². The molecule has 1 heterocycles. The number of aryl methyl sites for hydroxylation is 1. The van der Waals surface area contributed by atoms with Gasteiger partial charge in [0.2, 0.25) is 15.9 Å². The minimum absolute atomic E-state index is 0.272. The highest BCUT2D eigenvalue weighted by molar-refractivity contribution is 7.89. The summed E-state index contributed by atoms with van der Waals surface area (Å²) in [5.74, 6) is -0.285. The number of hydrogen-bond acceptors (Lipinski definition) is 5. The summed E-state index contributed by atoms with van der Waals surface area (Å²) in [7, 11) is -3.59. The van der Waals surface area contributed by atoms with E-state index in [0.717, 1.165) is 25.7 Å². The summed E-state index contributed by atoms with van der Waals surface area (Å²) in [6.07, 6.45) is 3.86. The molecule has 0 saturated carbocycles. The van der Waals surface area contributed by atoms with Crippen LogP contribution in [0.3, 0.4) is 0 Å². The van der Waals surface area contributed by atoms with Crippen molar-refractivity contribution >= 4 is 27.3 Å². The number of nitrogens with one attached hydrogen (secondary N) is 2. The van der Waals surface area contributed by atoms with Crippen LogP contribution < -0.4 is 10.6 Å². The zero-order valence-corrected chi connectivity index (χ0v) is 18.7. The number of nitrogens with zero attached hydrogens (tertiary/aromatic N) is 2. The Labute approximate surface area is 184 Å². The molecule has 7 nitrogen and oxygen atoms in total. The molecule has 1 aliphatic rings. The van der Waals surface area contributed by atoms with Gasteiger partial charge in [-0.3, -0.25) is 4.79 Å². The predicted octanol–water partition coefficient (Wildman–Crippen LogP) is 3.87. The van der Waals surface area contributed by atoms with E-state index in [1.165, 1.54) is 0 Å². The van der Waals surface area contributed by atoms with E-state index >= 15 is 0 Å². The molecule has 0 aromatic heterocycles. The van der Waals surface area contributed by atoms with Crippen molar-refractivity contribution in [2.24, 2.45) is 0 Å². The molecular weight excluding hydrogens is 412 g/mol. The van der Waals surface area contributed by atoms with E-state index in [4.69, 9.17) is 5.26 Å². The van der Waals surface area contributed by atoms with Crippen LogP contribution >= 0.6 is 0 Å². The van der Waals surface area contributed by atoms with Gasteiger partial charge in [-0.05, 0) is 62.6 Å². The van der Waals surface area contributed by atoms with Crippen LogP contribution in [-0.4, -0.2) is 37.8 Å². The van der Waals surface area contributed by atoms with Crippen LogP contribution in [0.5, 0.6) is 0 Å². The zero-order valence-electron chi connectivity index (χ0n) is 17.9. The lowest BCUT2D eigenvalue weighted by Crippen LogP contribution is -2.33. The first-order valence-electron chi connectivity index (χ1n) is 10.5. The topological polar surface area (TPSA) is 102 Å². The molecule has 1 saturated heterocycles. The van der Waals surface area contributed by atoms with Crippen molar-refractivity contribution in [3.8, 4) is 6.07 Å². The number of hydrogen-bond donors (Lipinski definition) is 2. The molecule has 31 heavy (non-hydrogen) atoms. The third kappa shape index (κ3) is 5.63. The maximum atomic E-state index is 13.2. The maximum absolute atomic E-state index is 13.2. The second-order valence-electron chi connectivity index (χ2n) is 7.85. The van der Waals surface area contributed by atoms with Gasteiger partial charge in [-0.2, -0.15) is 9.57 Å². The van der Waals surface area contributed by atoms with Gasteiger partial charge in [-0.25, -0.2) is 8.42 Å². The summed E-state index contributed by atoms with van der Waals surface area (Å²) < 4.78 is 28.0. The van der Waals surface area contributed by atoms with Crippen molar-refractivity contribution in [3.05, 3.63) is 53.6 Å². The van der Waals surface area contributed by atoms with Crippen molar-refractivity contribution in [2.45, 2.75) is 50.5 Å². The second-order valence-corrected chi connectivity index (χ2v) is 9.75. The van der Waals surface area contributed by atoms with E-state index in [-0.39, 0.29) is 10.8 Å². The lowest BCUT2D eigenvalue weighted by atomic mass is 10.2. The fraction of sp³-hybridized carbons (Fsp3) is 0.391. The summed E-state index contributed by atoms with van der Waals surface area (Å²) >= 11 is 0. The molecule has 2 aromatic rings. The summed E-state index contributed by atoms with van der Waals surface area (Å²) in [6, 6.07) is 13.2. The van der Waals surface area contributed by atoms with Crippen LogP contribution in [0.2, 0.25) is 0 Å². The van der Waals surface area contributed by atoms with Gasteiger partial charge in [0.05, 0.1) is 16.5 Å². The average molecular weight is 441 g/mol. The Balaban J connectivity index is 1.74. The minimum Gasteiger partial charge on any atom is -0.374 e. The number of sulfonamides is 1. The molecule has 0 bridgehead atoms. The monoisotopic (exact) mass is 440 g/mol. The van der Waals surface area contributed by atoms with Gasteiger partial charge in [0.15, 0.2) is 0 Å². The van der Waals surface area contributed by atoms with E-state index in [1.807, 2.05) is 6.07 Å². The van der Waals surface area contributed by atoms with Crippen molar-refractivity contribution < 1.29 is 13.2 Å². The maximum Gasteiger partial charge on any atom is 0.246 e. The molecule has 2 aromatic carbocycles. The Bertz CT molecular complexity index is 1080. The van der Waals surface area contributed by atoms with Gasteiger partial charge in [0, 0.05) is 24.5 Å². The van der Waals surface area contributed by atoms with Crippen molar-refractivity contribution in [2.75, 3.05) is 23.7 Å². The van der Waals surface area contributed by atoms with Crippen LogP contribution in [0.25, 0.3) is 0 Å². The van der Waals surface area contributed by atoms with Crippen molar-refractivity contribution in [3.63, 3.8) is 0 Å². The van der Waals surface area contributed by atoms with Gasteiger partial charge in [0.25, 0.3) is 0 Å². The van der Waals surface area contributed by atoms with E-state index in [9.17, 15) is 13.2 Å². The SMILES string of the molecule is Cc1ccc(NC(C)C(=O)Nc2cccc(C#N)c2)cc1S(=O)(=O)N1CCCCCC1. The van der Waals surface area contributed by atoms with Crippen LogP contribution in [-0.2, 0) is 14.8 Å². The highest BCUT2D eigenvalue weighted by Gasteiger charge is 2.27. The van der Waals surface area contributed by atoms with Crippen LogP contribution in [0, 0.1) is 18.3 Å². The first-order chi connectivity index (χ1) is 14.8. The third-order valence-electron chi connectivity index (χ3n) is 5.41. The summed E-state index contributed by atoms with van der Waals surface area (Å²) in [4.78, 5) is 12.8. The Hall–Kier alpha value is -2.89. The molecular formula is C23H28N4O3S. The van der Waals surface area contributed by atoms with Gasteiger partial charge >= 0.3 is 0 Å². The minimum atomic E-state index is -3.59. The molecule has 3 rings (SSSR count). The average Bonchev–Trinajstić information content (AvgIpc) is 3.05. The molecule has 0 aliphatic carbocycles. The highest BCUT2D eigenvalue weighted by Crippen LogP contribution is 2.26. The van der Waals surface area contributed by atoms with Gasteiger partial charge in [-0.1, -0.05) is 25.0 Å².